The third-order valence-electron chi connectivity index (χ3n) is 3.31. The molecule has 0 radical (unpaired) electrons. The number of benzene rings is 2. The van der Waals surface area contributed by atoms with E-state index in [4.69, 9.17) is 0 Å². The SMILES string of the molecule is O=c1[nH]c2ccccc2c(O)c1N=Nc1cccc(C(F)(F)F)c1. The van der Waals surface area contributed by atoms with E-state index < -0.39 is 17.3 Å². The summed E-state index contributed by atoms with van der Waals surface area (Å²) in [5, 5.41) is 17.7. The minimum Gasteiger partial charge on any atom is -0.505 e. The van der Waals surface area contributed by atoms with Crippen LogP contribution in [0.3, 0.4) is 0 Å². The zero-order chi connectivity index (χ0) is 17.3. The number of hydrogen-bond donors (Lipinski definition) is 2. The van der Waals surface area contributed by atoms with Crippen molar-refractivity contribution in [3.8, 4) is 5.75 Å². The summed E-state index contributed by atoms with van der Waals surface area (Å²) in [4.78, 5) is 14.5. The van der Waals surface area contributed by atoms with Gasteiger partial charge in [-0.25, -0.2) is 0 Å². The van der Waals surface area contributed by atoms with E-state index in [-0.39, 0.29) is 17.1 Å². The molecule has 24 heavy (non-hydrogen) atoms. The fraction of sp³-hybridized carbons (Fsp3) is 0.0625. The van der Waals surface area contributed by atoms with E-state index in [0.717, 1.165) is 12.1 Å². The quantitative estimate of drug-likeness (QED) is 0.669. The van der Waals surface area contributed by atoms with Crippen LogP contribution in [0.1, 0.15) is 5.56 Å². The Kier molecular flexibility index (Phi) is 3.80. The lowest BCUT2D eigenvalue weighted by Crippen LogP contribution is -2.05. The standard InChI is InChI=1S/C16H10F3N3O2/c17-16(18,19)9-4-3-5-10(8-9)21-22-13-14(23)11-6-1-2-7-12(11)20-15(13)24/h1-8H,(H2,20,23,24). The lowest BCUT2D eigenvalue weighted by molar-refractivity contribution is -0.137. The fourth-order valence-electron chi connectivity index (χ4n) is 2.16. The predicted octanol–water partition coefficient (Wildman–Crippen LogP) is 4.67. The van der Waals surface area contributed by atoms with Gasteiger partial charge < -0.3 is 10.1 Å². The van der Waals surface area contributed by atoms with Crippen LogP contribution in [0.15, 0.2) is 63.6 Å². The molecule has 0 saturated heterocycles. The lowest BCUT2D eigenvalue weighted by atomic mass is 10.2. The van der Waals surface area contributed by atoms with Crippen molar-refractivity contribution in [2.45, 2.75) is 6.18 Å². The highest BCUT2D eigenvalue weighted by Gasteiger charge is 2.30. The molecule has 1 heterocycles. The van der Waals surface area contributed by atoms with Crippen molar-refractivity contribution in [3.05, 3.63) is 64.4 Å². The highest BCUT2D eigenvalue weighted by molar-refractivity contribution is 5.88. The van der Waals surface area contributed by atoms with Crippen LogP contribution in [0, 0.1) is 0 Å². The lowest BCUT2D eigenvalue weighted by Gasteiger charge is -2.06. The summed E-state index contributed by atoms with van der Waals surface area (Å²) >= 11 is 0. The molecular weight excluding hydrogens is 323 g/mol. The van der Waals surface area contributed by atoms with Crippen molar-refractivity contribution in [3.63, 3.8) is 0 Å². The fourth-order valence-corrected chi connectivity index (χ4v) is 2.16. The van der Waals surface area contributed by atoms with Crippen LogP contribution in [-0.4, -0.2) is 10.1 Å². The van der Waals surface area contributed by atoms with Gasteiger partial charge >= 0.3 is 6.18 Å². The summed E-state index contributed by atoms with van der Waals surface area (Å²) < 4.78 is 38.0. The topological polar surface area (TPSA) is 77.8 Å². The summed E-state index contributed by atoms with van der Waals surface area (Å²) in [6.07, 6.45) is -4.51. The maximum Gasteiger partial charge on any atom is 0.416 e. The Labute approximate surface area is 133 Å². The van der Waals surface area contributed by atoms with Gasteiger partial charge in [-0.2, -0.15) is 18.3 Å². The molecular formula is C16H10F3N3O2. The van der Waals surface area contributed by atoms with Crippen molar-refractivity contribution in [1.82, 2.24) is 4.98 Å². The molecule has 0 aliphatic carbocycles. The van der Waals surface area contributed by atoms with E-state index in [1.165, 1.54) is 12.1 Å². The molecule has 0 bridgehead atoms. The number of halogens is 3. The molecule has 122 valence electrons. The molecule has 0 aliphatic rings. The zero-order valence-corrected chi connectivity index (χ0v) is 12.0. The summed E-state index contributed by atoms with van der Waals surface area (Å²) in [5.74, 6) is -0.384. The number of aromatic amines is 1. The predicted molar refractivity (Wildman–Crippen MR) is 81.9 cm³/mol. The average Bonchev–Trinajstić information content (AvgIpc) is 2.54. The van der Waals surface area contributed by atoms with E-state index in [1.807, 2.05) is 0 Å². The molecule has 0 unspecified atom stereocenters. The number of rotatable bonds is 2. The van der Waals surface area contributed by atoms with Gasteiger partial charge in [-0.1, -0.05) is 18.2 Å². The van der Waals surface area contributed by atoms with E-state index in [2.05, 4.69) is 15.2 Å². The number of aromatic hydroxyl groups is 1. The van der Waals surface area contributed by atoms with Gasteiger partial charge in [0.2, 0.25) is 0 Å². The number of para-hydroxylation sites is 1. The number of aromatic nitrogens is 1. The Bertz CT molecular complexity index is 994. The molecule has 2 N–H and O–H groups in total. The first kappa shape index (κ1) is 15.7. The number of pyridine rings is 1. The van der Waals surface area contributed by atoms with E-state index in [9.17, 15) is 23.1 Å². The summed E-state index contributed by atoms with van der Waals surface area (Å²) in [6, 6.07) is 10.7. The first-order valence-electron chi connectivity index (χ1n) is 6.79. The highest BCUT2D eigenvalue weighted by atomic mass is 19.4. The molecule has 2 aromatic carbocycles. The van der Waals surface area contributed by atoms with Gasteiger partial charge in [0.05, 0.1) is 16.8 Å². The van der Waals surface area contributed by atoms with Crippen LogP contribution in [-0.2, 0) is 6.18 Å². The molecule has 0 atom stereocenters. The van der Waals surface area contributed by atoms with Crippen molar-refractivity contribution in [1.29, 1.82) is 0 Å². The summed E-state index contributed by atoms with van der Waals surface area (Å²) in [6.45, 7) is 0. The zero-order valence-electron chi connectivity index (χ0n) is 12.0. The van der Waals surface area contributed by atoms with Crippen molar-refractivity contribution in [2.24, 2.45) is 10.2 Å². The number of H-pyrrole nitrogens is 1. The van der Waals surface area contributed by atoms with E-state index in [0.29, 0.717) is 10.9 Å². The largest absolute Gasteiger partial charge is 0.505 e. The Balaban J connectivity index is 2.04. The third kappa shape index (κ3) is 2.98. The monoisotopic (exact) mass is 333 g/mol. The van der Waals surface area contributed by atoms with Crippen LogP contribution < -0.4 is 5.56 Å². The van der Waals surface area contributed by atoms with Gasteiger partial charge in [-0.15, -0.1) is 5.11 Å². The second-order valence-electron chi connectivity index (χ2n) is 4.95. The van der Waals surface area contributed by atoms with Crippen LogP contribution in [0.25, 0.3) is 10.9 Å². The van der Waals surface area contributed by atoms with Crippen LogP contribution in [0.5, 0.6) is 5.75 Å². The molecule has 3 rings (SSSR count). The second kappa shape index (κ2) is 5.80. The van der Waals surface area contributed by atoms with Gasteiger partial charge in [-0.05, 0) is 30.3 Å². The number of azo groups is 1. The summed E-state index contributed by atoms with van der Waals surface area (Å²) in [5.41, 5.74) is -1.61. The number of fused-ring (bicyclic) bond motifs is 1. The Morgan fingerprint density at radius 3 is 2.50 bits per heavy atom. The van der Waals surface area contributed by atoms with Gasteiger partial charge in [0.15, 0.2) is 11.4 Å². The summed E-state index contributed by atoms with van der Waals surface area (Å²) in [7, 11) is 0. The Hall–Kier alpha value is -3.16. The molecule has 0 spiro atoms. The molecule has 0 amide bonds. The van der Waals surface area contributed by atoms with Gasteiger partial charge in [0.1, 0.15) is 0 Å². The van der Waals surface area contributed by atoms with Crippen LogP contribution in [0.2, 0.25) is 0 Å². The molecule has 0 saturated carbocycles. The maximum atomic E-state index is 12.7. The molecule has 8 heteroatoms. The van der Waals surface area contributed by atoms with Crippen molar-refractivity contribution in [2.75, 3.05) is 0 Å². The van der Waals surface area contributed by atoms with Crippen molar-refractivity contribution < 1.29 is 18.3 Å². The highest BCUT2D eigenvalue weighted by Crippen LogP contribution is 2.33. The molecule has 3 aromatic rings. The molecule has 0 aliphatic heterocycles. The number of hydrogen-bond acceptors (Lipinski definition) is 4. The van der Waals surface area contributed by atoms with E-state index in [1.54, 1.807) is 24.3 Å². The number of nitrogens with zero attached hydrogens (tertiary/aromatic N) is 2. The minimum absolute atomic E-state index is 0.0863. The average molecular weight is 333 g/mol. The Morgan fingerprint density at radius 2 is 1.75 bits per heavy atom. The van der Waals surface area contributed by atoms with E-state index >= 15 is 0 Å². The van der Waals surface area contributed by atoms with Crippen LogP contribution in [0.4, 0.5) is 24.5 Å². The Morgan fingerprint density at radius 1 is 1.00 bits per heavy atom. The number of alkyl halides is 3. The van der Waals surface area contributed by atoms with Gasteiger partial charge in [-0.3, -0.25) is 4.79 Å². The second-order valence-corrected chi connectivity index (χ2v) is 4.95. The normalized spacial score (nSPS) is 12.1. The number of nitrogens with one attached hydrogen (secondary N) is 1. The van der Waals surface area contributed by atoms with Gasteiger partial charge in [0.25, 0.3) is 5.56 Å². The molecule has 0 fully saturated rings. The van der Waals surface area contributed by atoms with Crippen LogP contribution >= 0.6 is 0 Å². The first-order chi connectivity index (χ1) is 11.4. The van der Waals surface area contributed by atoms with Gasteiger partial charge in [0, 0.05) is 5.39 Å². The maximum absolute atomic E-state index is 12.7. The molecule has 1 aromatic heterocycles. The molecule has 5 nitrogen and oxygen atoms in total. The third-order valence-corrected chi connectivity index (χ3v) is 3.31. The smallest absolute Gasteiger partial charge is 0.416 e. The minimum atomic E-state index is -4.51. The first-order valence-corrected chi connectivity index (χ1v) is 6.79. The van der Waals surface area contributed by atoms with Crippen molar-refractivity contribution >= 4 is 22.3 Å².